The van der Waals surface area contributed by atoms with E-state index in [-0.39, 0.29) is 0 Å². The fraction of sp³-hybridized carbons (Fsp3) is 0.294. The van der Waals surface area contributed by atoms with Gasteiger partial charge < -0.3 is 10.5 Å². The number of rotatable bonds is 6. The van der Waals surface area contributed by atoms with E-state index in [0.29, 0.717) is 19.1 Å². The standard InChI is InChI=1S/C17H20BrNO/c1-2-20-17-9-5-14(6-10-17)15(12-19)11-13-3-7-16(18)8-4-13/h3-10,15H,2,11-12,19H2,1H3. The minimum absolute atomic E-state index is 0.340. The molecule has 1 atom stereocenters. The highest BCUT2D eigenvalue weighted by Gasteiger charge is 2.11. The fourth-order valence-electron chi connectivity index (χ4n) is 2.25. The van der Waals surface area contributed by atoms with Crippen LogP contribution in [0.1, 0.15) is 24.0 Å². The van der Waals surface area contributed by atoms with E-state index in [1.165, 1.54) is 11.1 Å². The lowest BCUT2D eigenvalue weighted by Crippen LogP contribution is -2.15. The molecule has 3 heteroatoms. The van der Waals surface area contributed by atoms with Gasteiger partial charge in [0.15, 0.2) is 0 Å². The Kier molecular flexibility index (Phi) is 5.62. The smallest absolute Gasteiger partial charge is 0.119 e. The molecule has 0 fully saturated rings. The molecule has 2 aromatic carbocycles. The minimum Gasteiger partial charge on any atom is -0.494 e. The lowest BCUT2D eigenvalue weighted by atomic mass is 9.92. The van der Waals surface area contributed by atoms with Gasteiger partial charge >= 0.3 is 0 Å². The van der Waals surface area contributed by atoms with Gasteiger partial charge in [-0.15, -0.1) is 0 Å². The maximum atomic E-state index is 5.94. The lowest BCUT2D eigenvalue weighted by molar-refractivity contribution is 0.340. The van der Waals surface area contributed by atoms with Crippen molar-refractivity contribution in [1.82, 2.24) is 0 Å². The highest BCUT2D eigenvalue weighted by Crippen LogP contribution is 2.23. The largest absolute Gasteiger partial charge is 0.494 e. The predicted molar refractivity (Wildman–Crippen MR) is 87.3 cm³/mol. The first-order valence-electron chi connectivity index (χ1n) is 6.90. The third-order valence-corrected chi connectivity index (χ3v) is 3.87. The molecule has 0 radical (unpaired) electrons. The normalized spacial score (nSPS) is 12.2. The molecule has 0 aromatic heterocycles. The van der Waals surface area contributed by atoms with Gasteiger partial charge in [0, 0.05) is 10.4 Å². The van der Waals surface area contributed by atoms with Crippen LogP contribution in [0.3, 0.4) is 0 Å². The zero-order chi connectivity index (χ0) is 14.4. The Bertz CT molecular complexity index is 522. The van der Waals surface area contributed by atoms with Crippen molar-refractivity contribution >= 4 is 15.9 Å². The van der Waals surface area contributed by atoms with E-state index in [1.54, 1.807) is 0 Å². The molecule has 0 aliphatic heterocycles. The van der Waals surface area contributed by atoms with Crippen LogP contribution in [0.4, 0.5) is 0 Å². The van der Waals surface area contributed by atoms with Gasteiger partial charge in [0.05, 0.1) is 6.61 Å². The monoisotopic (exact) mass is 333 g/mol. The topological polar surface area (TPSA) is 35.2 Å². The van der Waals surface area contributed by atoms with Crippen LogP contribution in [0.15, 0.2) is 53.0 Å². The molecule has 0 saturated heterocycles. The number of hydrogen-bond donors (Lipinski definition) is 1. The van der Waals surface area contributed by atoms with E-state index < -0.39 is 0 Å². The van der Waals surface area contributed by atoms with Crippen molar-refractivity contribution in [2.75, 3.05) is 13.2 Å². The van der Waals surface area contributed by atoms with Crippen LogP contribution < -0.4 is 10.5 Å². The number of hydrogen-bond acceptors (Lipinski definition) is 2. The van der Waals surface area contributed by atoms with Gasteiger partial charge in [-0.25, -0.2) is 0 Å². The summed E-state index contributed by atoms with van der Waals surface area (Å²) >= 11 is 3.46. The Hall–Kier alpha value is -1.32. The molecule has 2 N–H and O–H groups in total. The maximum Gasteiger partial charge on any atom is 0.119 e. The lowest BCUT2D eigenvalue weighted by Gasteiger charge is -2.16. The summed E-state index contributed by atoms with van der Waals surface area (Å²) in [6.45, 7) is 3.33. The molecule has 0 heterocycles. The molecule has 0 saturated carbocycles. The quantitative estimate of drug-likeness (QED) is 0.862. The van der Waals surface area contributed by atoms with Crippen molar-refractivity contribution in [2.24, 2.45) is 5.73 Å². The molecule has 0 spiro atoms. The molecule has 2 aromatic rings. The van der Waals surface area contributed by atoms with E-state index in [1.807, 2.05) is 19.1 Å². The summed E-state index contributed by atoms with van der Waals surface area (Å²) in [7, 11) is 0. The second-order valence-electron chi connectivity index (χ2n) is 4.77. The van der Waals surface area contributed by atoms with Gasteiger partial charge in [0.2, 0.25) is 0 Å². The molecular formula is C17H20BrNO. The summed E-state index contributed by atoms with van der Waals surface area (Å²) < 4.78 is 6.57. The van der Waals surface area contributed by atoms with Crippen molar-refractivity contribution in [2.45, 2.75) is 19.3 Å². The first-order valence-corrected chi connectivity index (χ1v) is 7.69. The Labute approximate surface area is 129 Å². The summed E-state index contributed by atoms with van der Waals surface area (Å²) in [6.07, 6.45) is 0.956. The van der Waals surface area contributed by atoms with Gasteiger partial charge in [-0.3, -0.25) is 0 Å². The number of halogens is 1. The molecule has 0 bridgehead atoms. The minimum atomic E-state index is 0.340. The number of nitrogens with two attached hydrogens (primary N) is 1. The van der Waals surface area contributed by atoms with Gasteiger partial charge in [-0.1, -0.05) is 40.2 Å². The molecule has 20 heavy (non-hydrogen) atoms. The van der Waals surface area contributed by atoms with Crippen molar-refractivity contribution < 1.29 is 4.74 Å². The van der Waals surface area contributed by atoms with Gasteiger partial charge in [-0.2, -0.15) is 0 Å². The van der Waals surface area contributed by atoms with Crippen LogP contribution in [0.2, 0.25) is 0 Å². The van der Waals surface area contributed by atoms with Gasteiger partial charge in [0.25, 0.3) is 0 Å². The zero-order valence-corrected chi connectivity index (χ0v) is 13.3. The van der Waals surface area contributed by atoms with E-state index in [2.05, 4.69) is 52.3 Å². The van der Waals surface area contributed by atoms with Crippen molar-refractivity contribution in [3.05, 3.63) is 64.1 Å². The van der Waals surface area contributed by atoms with E-state index in [9.17, 15) is 0 Å². The third-order valence-electron chi connectivity index (χ3n) is 3.34. The first kappa shape index (κ1) is 15.1. The predicted octanol–water partition coefficient (Wildman–Crippen LogP) is 4.13. The van der Waals surface area contributed by atoms with Crippen LogP contribution in [-0.4, -0.2) is 13.2 Å². The second-order valence-corrected chi connectivity index (χ2v) is 5.68. The van der Waals surface area contributed by atoms with Crippen LogP contribution in [0.5, 0.6) is 5.75 Å². The van der Waals surface area contributed by atoms with E-state index in [4.69, 9.17) is 10.5 Å². The Morgan fingerprint density at radius 3 is 2.25 bits per heavy atom. The van der Waals surface area contributed by atoms with Crippen LogP contribution in [0.25, 0.3) is 0 Å². The van der Waals surface area contributed by atoms with Crippen LogP contribution in [-0.2, 0) is 6.42 Å². The average Bonchev–Trinajstić information content (AvgIpc) is 2.48. The summed E-state index contributed by atoms with van der Waals surface area (Å²) in [5, 5.41) is 0. The molecule has 2 rings (SSSR count). The highest BCUT2D eigenvalue weighted by atomic mass is 79.9. The Morgan fingerprint density at radius 2 is 1.70 bits per heavy atom. The maximum absolute atomic E-state index is 5.94. The van der Waals surface area contributed by atoms with E-state index in [0.717, 1.165) is 16.6 Å². The molecule has 2 nitrogen and oxygen atoms in total. The summed E-state index contributed by atoms with van der Waals surface area (Å²) in [5.41, 5.74) is 8.50. The Morgan fingerprint density at radius 1 is 1.05 bits per heavy atom. The van der Waals surface area contributed by atoms with E-state index >= 15 is 0 Å². The SMILES string of the molecule is CCOc1ccc(C(CN)Cc2ccc(Br)cc2)cc1. The van der Waals surface area contributed by atoms with Crippen LogP contribution >= 0.6 is 15.9 Å². The van der Waals surface area contributed by atoms with Gasteiger partial charge in [0.1, 0.15) is 5.75 Å². The molecule has 1 unspecified atom stereocenters. The molecule has 0 aliphatic rings. The summed E-state index contributed by atoms with van der Waals surface area (Å²) in [4.78, 5) is 0. The number of ether oxygens (including phenoxy) is 1. The van der Waals surface area contributed by atoms with Crippen molar-refractivity contribution in [1.29, 1.82) is 0 Å². The fourth-order valence-corrected chi connectivity index (χ4v) is 2.51. The highest BCUT2D eigenvalue weighted by molar-refractivity contribution is 9.10. The molecule has 0 amide bonds. The molecule has 0 aliphatic carbocycles. The molecule has 106 valence electrons. The number of benzene rings is 2. The second kappa shape index (κ2) is 7.46. The summed E-state index contributed by atoms with van der Waals surface area (Å²) in [5.74, 6) is 1.25. The third kappa shape index (κ3) is 4.09. The average molecular weight is 334 g/mol. The van der Waals surface area contributed by atoms with Gasteiger partial charge in [-0.05, 0) is 55.3 Å². The Balaban J connectivity index is 2.09. The summed E-state index contributed by atoms with van der Waals surface area (Å²) in [6, 6.07) is 16.7. The molecular weight excluding hydrogens is 314 g/mol. The van der Waals surface area contributed by atoms with Crippen molar-refractivity contribution in [3.8, 4) is 5.75 Å². The van der Waals surface area contributed by atoms with Crippen LogP contribution in [0, 0.1) is 0 Å². The van der Waals surface area contributed by atoms with Crippen molar-refractivity contribution in [3.63, 3.8) is 0 Å². The first-order chi connectivity index (χ1) is 9.72. The zero-order valence-electron chi connectivity index (χ0n) is 11.7.